The molecule has 1 aliphatic heterocycles. The second-order valence-electron chi connectivity index (χ2n) is 6.43. The van der Waals surface area contributed by atoms with Crippen molar-refractivity contribution in [2.75, 3.05) is 26.3 Å². The molecule has 0 spiro atoms. The van der Waals surface area contributed by atoms with Crippen molar-refractivity contribution < 1.29 is 9.26 Å². The van der Waals surface area contributed by atoms with Crippen LogP contribution in [-0.2, 0) is 4.74 Å². The van der Waals surface area contributed by atoms with Gasteiger partial charge in [0.1, 0.15) is 6.04 Å². The van der Waals surface area contributed by atoms with Crippen LogP contribution in [0, 0.1) is 0 Å². The van der Waals surface area contributed by atoms with E-state index in [0.717, 1.165) is 35.2 Å². The number of H-pyrrole nitrogens is 1. The van der Waals surface area contributed by atoms with Crippen LogP contribution in [-0.4, -0.2) is 56.3 Å². The molecule has 1 aromatic carbocycles. The van der Waals surface area contributed by atoms with Gasteiger partial charge in [-0.05, 0) is 29.8 Å². The Balaban J connectivity index is 1.52. The minimum Gasteiger partial charge on any atom is -0.379 e. The summed E-state index contributed by atoms with van der Waals surface area (Å²) in [6, 6.07) is 9.69. The number of fused-ring (bicyclic) bond motifs is 1. The Morgan fingerprint density at radius 2 is 2.07 bits per heavy atom. The zero-order valence-corrected chi connectivity index (χ0v) is 14.6. The number of nitrogens with zero attached hydrogens (tertiary/aromatic N) is 5. The van der Waals surface area contributed by atoms with E-state index in [9.17, 15) is 0 Å². The van der Waals surface area contributed by atoms with Crippen molar-refractivity contribution >= 4 is 11.0 Å². The molecule has 1 N–H and O–H groups in total. The van der Waals surface area contributed by atoms with Crippen LogP contribution in [0.15, 0.2) is 53.6 Å². The van der Waals surface area contributed by atoms with E-state index < -0.39 is 0 Å². The van der Waals surface area contributed by atoms with Crippen LogP contribution in [0.2, 0.25) is 0 Å². The molecule has 8 nitrogen and oxygen atoms in total. The Kier molecular flexibility index (Phi) is 4.11. The van der Waals surface area contributed by atoms with Crippen molar-refractivity contribution in [1.82, 2.24) is 30.0 Å². The lowest BCUT2D eigenvalue weighted by Gasteiger charge is -2.32. The molecule has 27 heavy (non-hydrogen) atoms. The minimum atomic E-state index is -0.139. The summed E-state index contributed by atoms with van der Waals surface area (Å²) >= 11 is 0. The third-order valence-electron chi connectivity index (χ3n) is 4.77. The highest BCUT2D eigenvalue weighted by atomic mass is 16.5. The first-order chi connectivity index (χ1) is 13.4. The van der Waals surface area contributed by atoms with Gasteiger partial charge in [0.2, 0.25) is 11.7 Å². The van der Waals surface area contributed by atoms with E-state index in [1.807, 2.05) is 36.5 Å². The van der Waals surface area contributed by atoms with Crippen molar-refractivity contribution in [2.45, 2.75) is 6.04 Å². The molecule has 4 heterocycles. The molecule has 0 bridgehead atoms. The second-order valence-corrected chi connectivity index (χ2v) is 6.43. The van der Waals surface area contributed by atoms with Crippen molar-refractivity contribution in [3.8, 4) is 11.4 Å². The number of aromatic amines is 1. The van der Waals surface area contributed by atoms with Gasteiger partial charge >= 0.3 is 0 Å². The average molecular weight is 362 g/mol. The number of nitrogens with one attached hydrogen (secondary N) is 1. The molecule has 136 valence electrons. The number of imidazole rings is 1. The van der Waals surface area contributed by atoms with Gasteiger partial charge in [0.05, 0.1) is 30.6 Å². The van der Waals surface area contributed by atoms with Crippen molar-refractivity contribution in [1.29, 1.82) is 0 Å². The van der Waals surface area contributed by atoms with E-state index in [4.69, 9.17) is 14.2 Å². The zero-order valence-electron chi connectivity index (χ0n) is 14.6. The molecule has 4 aromatic rings. The molecule has 1 fully saturated rings. The lowest BCUT2D eigenvalue weighted by atomic mass is 10.1. The standard InChI is InChI=1S/C19H18N6O2/c1-2-14(11-20-5-1)17(25-6-8-26-9-7-25)19-23-18(24-27-19)13-3-4-15-16(10-13)22-12-21-15/h1-5,10-12,17H,6-9H2,(H,21,22). The molecule has 1 atom stereocenters. The molecule has 1 unspecified atom stereocenters. The Hall–Kier alpha value is -3.10. The topological polar surface area (TPSA) is 93.0 Å². The van der Waals surface area contributed by atoms with Gasteiger partial charge < -0.3 is 14.2 Å². The van der Waals surface area contributed by atoms with Gasteiger partial charge in [0, 0.05) is 31.0 Å². The highest BCUT2D eigenvalue weighted by Gasteiger charge is 2.29. The largest absolute Gasteiger partial charge is 0.379 e. The predicted molar refractivity (Wildman–Crippen MR) is 97.9 cm³/mol. The summed E-state index contributed by atoms with van der Waals surface area (Å²) in [7, 11) is 0. The molecule has 1 aliphatic rings. The number of hydrogen-bond donors (Lipinski definition) is 1. The number of hydrogen-bond acceptors (Lipinski definition) is 7. The summed E-state index contributed by atoms with van der Waals surface area (Å²) in [5.41, 5.74) is 3.76. The number of rotatable bonds is 4. The third kappa shape index (κ3) is 3.09. The first kappa shape index (κ1) is 16.1. The summed E-state index contributed by atoms with van der Waals surface area (Å²) < 4.78 is 11.2. The first-order valence-corrected chi connectivity index (χ1v) is 8.87. The fourth-order valence-corrected chi connectivity index (χ4v) is 3.42. The summed E-state index contributed by atoms with van der Waals surface area (Å²) in [6.45, 7) is 2.98. The van der Waals surface area contributed by atoms with Gasteiger partial charge in [-0.3, -0.25) is 9.88 Å². The molecule has 8 heteroatoms. The van der Waals surface area contributed by atoms with Crippen LogP contribution in [0.4, 0.5) is 0 Å². The summed E-state index contributed by atoms with van der Waals surface area (Å²) in [5, 5.41) is 4.22. The average Bonchev–Trinajstić information content (AvgIpc) is 3.39. The Morgan fingerprint density at radius 3 is 2.93 bits per heavy atom. The van der Waals surface area contributed by atoms with E-state index in [-0.39, 0.29) is 6.04 Å². The number of morpholine rings is 1. The van der Waals surface area contributed by atoms with E-state index in [0.29, 0.717) is 24.9 Å². The van der Waals surface area contributed by atoms with Crippen molar-refractivity contribution in [3.05, 3.63) is 60.5 Å². The number of pyridine rings is 1. The number of aromatic nitrogens is 5. The Labute approximate surface area is 155 Å². The predicted octanol–water partition coefficient (Wildman–Crippen LogP) is 2.43. The molecule has 0 radical (unpaired) electrons. The molecule has 0 saturated carbocycles. The van der Waals surface area contributed by atoms with E-state index in [1.165, 1.54) is 0 Å². The Bertz CT molecular complexity index is 1040. The first-order valence-electron chi connectivity index (χ1n) is 8.87. The monoisotopic (exact) mass is 362 g/mol. The molecule has 0 amide bonds. The molecular formula is C19H18N6O2. The SMILES string of the molecule is c1cncc(C(c2nc(-c3ccc4nc[nH]c4c3)no2)N2CCOCC2)c1. The zero-order chi connectivity index (χ0) is 18.1. The lowest BCUT2D eigenvalue weighted by molar-refractivity contribution is 0.0180. The van der Waals surface area contributed by atoms with Crippen LogP contribution in [0.1, 0.15) is 17.5 Å². The van der Waals surface area contributed by atoms with Gasteiger partial charge in [-0.25, -0.2) is 4.98 Å². The van der Waals surface area contributed by atoms with Crippen LogP contribution in [0.3, 0.4) is 0 Å². The lowest BCUT2D eigenvalue weighted by Crippen LogP contribution is -2.39. The van der Waals surface area contributed by atoms with Crippen LogP contribution < -0.4 is 0 Å². The second kappa shape index (κ2) is 6.90. The number of ether oxygens (including phenoxy) is 1. The van der Waals surface area contributed by atoms with Gasteiger partial charge in [0.25, 0.3) is 0 Å². The normalized spacial score (nSPS) is 16.6. The van der Waals surface area contributed by atoms with Crippen molar-refractivity contribution in [3.63, 3.8) is 0 Å². The number of benzene rings is 1. The van der Waals surface area contributed by atoms with Gasteiger partial charge in [0.15, 0.2) is 0 Å². The highest BCUT2D eigenvalue weighted by Crippen LogP contribution is 2.29. The van der Waals surface area contributed by atoms with E-state index >= 15 is 0 Å². The maximum absolute atomic E-state index is 5.69. The minimum absolute atomic E-state index is 0.139. The van der Waals surface area contributed by atoms with Crippen molar-refractivity contribution in [2.24, 2.45) is 0 Å². The van der Waals surface area contributed by atoms with Gasteiger partial charge in [-0.15, -0.1) is 0 Å². The van der Waals surface area contributed by atoms with E-state index in [1.54, 1.807) is 12.5 Å². The summed E-state index contributed by atoms with van der Waals surface area (Å²) in [4.78, 5) is 18.6. The fraction of sp³-hybridized carbons (Fsp3) is 0.263. The summed E-state index contributed by atoms with van der Waals surface area (Å²) in [5.74, 6) is 1.12. The maximum atomic E-state index is 5.69. The molecule has 5 rings (SSSR count). The smallest absolute Gasteiger partial charge is 0.248 e. The third-order valence-corrected chi connectivity index (χ3v) is 4.77. The van der Waals surface area contributed by atoms with Crippen LogP contribution in [0.25, 0.3) is 22.4 Å². The summed E-state index contributed by atoms with van der Waals surface area (Å²) in [6.07, 6.45) is 5.28. The van der Waals surface area contributed by atoms with Gasteiger partial charge in [-0.2, -0.15) is 4.98 Å². The molecule has 1 saturated heterocycles. The molecule has 3 aromatic heterocycles. The maximum Gasteiger partial charge on any atom is 0.248 e. The quantitative estimate of drug-likeness (QED) is 0.596. The fourth-order valence-electron chi connectivity index (χ4n) is 3.42. The molecule has 0 aliphatic carbocycles. The van der Waals surface area contributed by atoms with Crippen LogP contribution >= 0.6 is 0 Å². The Morgan fingerprint density at radius 1 is 1.15 bits per heavy atom. The highest BCUT2D eigenvalue weighted by molar-refractivity contribution is 5.79. The van der Waals surface area contributed by atoms with Gasteiger partial charge in [-0.1, -0.05) is 11.2 Å². The van der Waals surface area contributed by atoms with E-state index in [2.05, 4.69) is 25.0 Å². The molecular weight excluding hydrogens is 344 g/mol. The van der Waals surface area contributed by atoms with Crippen LogP contribution in [0.5, 0.6) is 0 Å².